The van der Waals surface area contributed by atoms with Crippen LogP contribution in [0.2, 0.25) is 0 Å². The van der Waals surface area contributed by atoms with E-state index in [1.807, 2.05) is 20.8 Å². The van der Waals surface area contributed by atoms with Gasteiger partial charge in [0.15, 0.2) is 2.14 Å². The first-order valence-electron chi connectivity index (χ1n) is 8.38. The van der Waals surface area contributed by atoms with E-state index in [2.05, 4.69) is 58.4 Å². The van der Waals surface area contributed by atoms with Crippen LogP contribution in [-0.4, -0.2) is 78.9 Å². The molecular weight excluding hydrogens is 813 g/mol. The van der Waals surface area contributed by atoms with Gasteiger partial charge >= 0.3 is 5.97 Å². The molecular formula is C16H28Br3FmN2O6-. The molecule has 0 radical (unpaired) electrons. The summed E-state index contributed by atoms with van der Waals surface area (Å²) in [6, 6.07) is -0.317. The first-order valence-corrected chi connectivity index (χ1v) is 10.8. The molecule has 0 aliphatic rings. The Morgan fingerprint density at radius 2 is 1.68 bits per heavy atom. The van der Waals surface area contributed by atoms with Gasteiger partial charge in [0.05, 0.1) is 45.2 Å². The SMILES string of the molecule is CC(C)(C)OCCOCCOCC(CNCC(=O)OCC(Br)(Br)Br)N[C-]=O.[Fm]. The van der Waals surface area contributed by atoms with E-state index in [0.717, 1.165) is 0 Å². The number of carbonyl (C=O) groups excluding carboxylic acids is 2. The number of ether oxygens (including phenoxy) is 4. The minimum absolute atomic E-state index is 0. The zero-order chi connectivity index (χ0) is 20.8. The molecule has 1 amide bonds. The molecule has 0 rings (SSSR count). The van der Waals surface area contributed by atoms with Crippen molar-refractivity contribution in [2.45, 2.75) is 34.6 Å². The van der Waals surface area contributed by atoms with Crippen molar-refractivity contribution in [3.8, 4) is 0 Å². The Bertz CT molecular complexity index is 422. The second-order valence-corrected chi connectivity index (χ2v) is 13.8. The van der Waals surface area contributed by atoms with Gasteiger partial charge in [0.2, 0.25) is 0 Å². The van der Waals surface area contributed by atoms with Crippen molar-refractivity contribution in [2.24, 2.45) is 0 Å². The number of alkyl halides is 3. The van der Waals surface area contributed by atoms with Gasteiger partial charge in [0.25, 0.3) is 0 Å². The van der Waals surface area contributed by atoms with Gasteiger partial charge in [-0.1, -0.05) is 47.8 Å². The first-order chi connectivity index (χ1) is 12.5. The minimum Gasteiger partial charge on any atom is -0.525 e. The minimum atomic E-state index is -0.631. The van der Waals surface area contributed by atoms with Crippen molar-refractivity contribution in [2.75, 3.05) is 52.7 Å². The van der Waals surface area contributed by atoms with Gasteiger partial charge in [-0.15, -0.1) is 0 Å². The van der Waals surface area contributed by atoms with Crippen LogP contribution >= 0.6 is 47.8 Å². The van der Waals surface area contributed by atoms with Crippen molar-refractivity contribution in [3.05, 3.63) is 0 Å². The van der Waals surface area contributed by atoms with Crippen LogP contribution in [0, 0.1) is 0 Å². The van der Waals surface area contributed by atoms with Crippen LogP contribution in [0.15, 0.2) is 0 Å². The normalized spacial score (nSPS) is 12.8. The van der Waals surface area contributed by atoms with Crippen molar-refractivity contribution in [1.29, 1.82) is 0 Å². The Labute approximate surface area is 186 Å². The molecule has 0 saturated carbocycles. The number of amides is 1. The second kappa shape index (κ2) is 16.1. The van der Waals surface area contributed by atoms with Gasteiger partial charge < -0.3 is 34.4 Å². The van der Waals surface area contributed by atoms with E-state index in [1.165, 1.54) is 0 Å². The zero-order valence-electron chi connectivity index (χ0n) is 16.1. The fraction of sp³-hybridized carbons (Fsp3) is 0.875. The molecule has 0 aromatic rings. The molecule has 0 aromatic carbocycles. The zero-order valence-corrected chi connectivity index (χ0v) is 23.3. The number of hydrogen-bond acceptors (Lipinski definition) is 7. The third-order valence-corrected chi connectivity index (χ3v) is 3.46. The third kappa shape index (κ3) is 21.5. The van der Waals surface area contributed by atoms with Crippen LogP contribution < -0.4 is 10.6 Å². The van der Waals surface area contributed by atoms with E-state index in [4.69, 9.17) is 18.9 Å². The summed E-state index contributed by atoms with van der Waals surface area (Å²) in [6.45, 7) is 8.52. The standard InChI is InChI=1S/C16H28Br3N2O6.Fm/c1-15(2,3)27-7-6-24-4-5-25-10-13(21-12-22)8-20-9-14(23)26-11-16(17,18)19;/h13,20H,4-11H2,1-3H3,(H,21,22);/q-1;. The van der Waals surface area contributed by atoms with Crippen molar-refractivity contribution in [1.82, 2.24) is 10.6 Å². The molecule has 28 heavy (non-hydrogen) atoms. The number of halogens is 3. The summed E-state index contributed by atoms with van der Waals surface area (Å²) >= 11 is 9.69. The Morgan fingerprint density at radius 1 is 1.07 bits per heavy atom. The Morgan fingerprint density at radius 3 is 2.25 bits per heavy atom. The number of rotatable bonds is 15. The summed E-state index contributed by atoms with van der Waals surface area (Å²) in [5, 5.41) is 5.41. The van der Waals surface area contributed by atoms with Crippen molar-refractivity contribution >= 4 is 60.2 Å². The van der Waals surface area contributed by atoms with E-state index in [9.17, 15) is 9.59 Å². The molecule has 0 fully saturated rings. The maximum Gasteiger partial charge on any atom is 0.320 e. The van der Waals surface area contributed by atoms with Crippen molar-refractivity contribution in [3.63, 3.8) is 0 Å². The average molecular weight is 841 g/mol. The molecule has 0 aromatic heterocycles. The monoisotopic (exact) mass is 838 g/mol. The molecule has 2 N–H and O–H groups in total. The summed E-state index contributed by atoms with van der Waals surface area (Å²) < 4.78 is 20.8. The summed E-state index contributed by atoms with van der Waals surface area (Å²) in [6.07, 6.45) is 1.63. The molecule has 8 nitrogen and oxygen atoms in total. The predicted molar refractivity (Wildman–Crippen MR) is 113 cm³/mol. The quantitative estimate of drug-likeness (QED) is 0.0856. The summed E-state index contributed by atoms with van der Waals surface area (Å²) in [4.78, 5) is 22.1. The average Bonchev–Trinajstić information content (AvgIpc) is 2.53. The van der Waals surface area contributed by atoms with Gasteiger partial charge in [-0.2, -0.15) is 6.41 Å². The van der Waals surface area contributed by atoms with Crippen LogP contribution in [0.4, 0.5) is 0 Å². The number of carbonyl (C=O) groups is 1. The predicted octanol–water partition coefficient (Wildman–Crippen LogP) is 1.83. The molecule has 0 bridgehead atoms. The van der Waals surface area contributed by atoms with Gasteiger partial charge in [-0.05, 0) is 20.8 Å². The van der Waals surface area contributed by atoms with Gasteiger partial charge in [0, 0.05) is 12.6 Å². The molecule has 0 aliphatic carbocycles. The molecule has 172 valence electrons. The fourth-order valence-corrected chi connectivity index (χ4v) is 1.99. The van der Waals surface area contributed by atoms with Crippen LogP contribution in [0.25, 0.3) is 0 Å². The maximum atomic E-state index is 11.6. The number of esters is 1. The first kappa shape index (κ1) is 29.4. The topological polar surface area (TPSA) is 95.1 Å². The smallest absolute Gasteiger partial charge is 0.320 e. The second-order valence-electron chi connectivity index (χ2n) is 6.50. The van der Waals surface area contributed by atoms with Crippen LogP contribution in [-0.2, 0) is 28.5 Å². The van der Waals surface area contributed by atoms with Crippen LogP contribution in [0.1, 0.15) is 20.8 Å². The van der Waals surface area contributed by atoms with Crippen molar-refractivity contribution < 1.29 is 28.5 Å². The van der Waals surface area contributed by atoms with Gasteiger partial charge in [0.1, 0.15) is 6.61 Å². The van der Waals surface area contributed by atoms with E-state index in [0.29, 0.717) is 33.0 Å². The van der Waals surface area contributed by atoms with E-state index < -0.39 is 8.11 Å². The molecule has 1 atom stereocenters. The summed E-state index contributed by atoms with van der Waals surface area (Å²) in [5.41, 5.74) is -0.177. The molecule has 1 unspecified atom stereocenters. The molecule has 0 aliphatic heterocycles. The van der Waals surface area contributed by atoms with Crippen LogP contribution in [0.5, 0.6) is 0 Å². The summed E-state index contributed by atoms with van der Waals surface area (Å²) in [5.74, 6) is -0.418. The Kier molecular flexibility index (Phi) is 16.9. The summed E-state index contributed by atoms with van der Waals surface area (Å²) in [7, 11) is 0. The van der Waals surface area contributed by atoms with E-state index in [1.54, 1.807) is 6.41 Å². The maximum absolute atomic E-state index is 11.6. The molecule has 0 spiro atoms. The number of hydrogen-bond donors (Lipinski definition) is 2. The van der Waals surface area contributed by atoms with E-state index in [-0.39, 0.29) is 31.4 Å². The van der Waals surface area contributed by atoms with Crippen LogP contribution in [0.3, 0.4) is 0 Å². The molecule has 0 heterocycles. The fourth-order valence-electron chi connectivity index (χ4n) is 1.65. The molecule has 0 saturated heterocycles. The number of nitrogens with one attached hydrogen (secondary N) is 2. The largest absolute Gasteiger partial charge is 0.525 e. The van der Waals surface area contributed by atoms with E-state index >= 15 is 0 Å². The third-order valence-electron chi connectivity index (χ3n) is 2.77. The molecule has 12 heteroatoms. The van der Waals surface area contributed by atoms with Gasteiger partial charge in [-0.25, -0.2) is 0 Å². The van der Waals surface area contributed by atoms with Gasteiger partial charge in [-0.3, -0.25) is 4.79 Å². The Hall–Kier alpha value is -0.780. The Balaban J connectivity index is 0.